The first-order valence-electron chi connectivity index (χ1n) is 7.09. The molecule has 1 aromatic rings. The highest BCUT2D eigenvalue weighted by atomic mass is 16.4. The van der Waals surface area contributed by atoms with Crippen LogP contribution < -0.4 is 4.90 Å². The Morgan fingerprint density at radius 1 is 1.24 bits per heavy atom. The molecule has 2 atom stereocenters. The van der Waals surface area contributed by atoms with Gasteiger partial charge in [-0.3, -0.25) is 9.59 Å². The number of hydrogen-bond acceptors (Lipinski definition) is 3. The summed E-state index contributed by atoms with van der Waals surface area (Å²) < 4.78 is 0. The quantitative estimate of drug-likeness (QED) is 0.901. The van der Waals surface area contributed by atoms with Gasteiger partial charge in [-0.25, -0.2) is 0 Å². The highest BCUT2D eigenvalue weighted by molar-refractivity contribution is 5.95. The van der Waals surface area contributed by atoms with Crippen molar-refractivity contribution in [2.24, 2.45) is 11.8 Å². The smallest absolute Gasteiger partial charge is 0.306 e. The molecule has 1 aromatic carbocycles. The number of carbonyl (C=O) groups excluding carboxylic acids is 1. The summed E-state index contributed by atoms with van der Waals surface area (Å²) in [7, 11) is 0. The van der Waals surface area contributed by atoms with Gasteiger partial charge in [0.25, 0.3) is 0 Å². The molecule has 1 aliphatic rings. The van der Waals surface area contributed by atoms with Crippen LogP contribution in [0.5, 0.6) is 0 Å². The van der Waals surface area contributed by atoms with E-state index in [2.05, 4.69) is 6.07 Å². The Kier molecular flexibility index (Phi) is 4.94. The Morgan fingerprint density at radius 3 is 2.48 bits per heavy atom. The topological polar surface area (TPSA) is 81.4 Å². The number of carboxylic acids is 1. The van der Waals surface area contributed by atoms with Crippen LogP contribution in [0.3, 0.4) is 0 Å². The molecule has 0 aliphatic heterocycles. The normalized spacial score (nSPS) is 20.7. The van der Waals surface area contributed by atoms with Crippen LogP contribution in [0.25, 0.3) is 0 Å². The minimum atomic E-state index is -0.825. The number of para-hydroxylation sites is 1. The summed E-state index contributed by atoms with van der Waals surface area (Å²) in [6, 6.07) is 11.3. The second-order valence-electron chi connectivity index (χ2n) is 5.28. The highest BCUT2D eigenvalue weighted by Gasteiger charge is 2.36. The molecule has 5 nitrogen and oxygen atoms in total. The van der Waals surface area contributed by atoms with E-state index < -0.39 is 11.9 Å². The van der Waals surface area contributed by atoms with Crippen molar-refractivity contribution in [3.8, 4) is 6.07 Å². The van der Waals surface area contributed by atoms with Gasteiger partial charge in [-0.1, -0.05) is 18.2 Å². The first-order chi connectivity index (χ1) is 10.1. The average molecular weight is 286 g/mol. The number of carbonyl (C=O) groups is 2. The largest absolute Gasteiger partial charge is 0.481 e. The minimum absolute atomic E-state index is 0.0693. The van der Waals surface area contributed by atoms with Crippen LogP contribution in [-0.4, -0.2) is 23.5 Å². The number of amides is 1. The van der Waals surface area contributed by atoms with Crippen LogP contribution in [0.4, 0.5) is 5.69 Å². The van der Waals surface area contributed by atoms with Crippen molar-refractivity contribution in [3.63, 3.8) is 0 Å². The third-order valence-corrected chi connectivity index (χ3v) is 3.91. The predicted molar refractivity (Wildman–Crippen MR) is 77.5 cm³/mol. The molecule has 1 N–H and O–H groups in total. The molecule has 5 heteroatoms. The van der Waals surface area contributed by atoms with E-state index in [9.17, 15) is 9.59 Å². The van der Waals surface area contributed by atoms with Crippen molar-refractivity contribution in [2.75, 3.05) is 11.4 Å². The van der Waals surface area contributed by atoms with E-state index in [1.165, 1.54) is 0 Å². The van der Waals surface area contributed by atoms with Crippen molar-refractivity contribution in [2.45, 2.75) is 25.7 Å². The van der Waals surface area contributed by atoms with E-state index in [-0.39, 0.29) is 18.2 Å². The molecule has 1 amide bonds. The van der Waals surface area contributed by atoms with Crippen LogP contribution in [0.15, 0.2) is 30.3 Å². The van der Waals surface area contributed by atoms with E-state index >= 15 is 0 Å². The monoisotopic (exact) mass is 286 g/mol. The van der Waals surface area contributed by atoms with Crippen molar-refractivity contribution in [1.82, 2.24) is 0 Å². The SMILES string of the molecule is N#CCCN(C(=O)C1CCC(C(=O)O)C1)c1ccccc1. The van der Waals surface area contributed by atoms with E-state index in [1.807, 2.05) is 30.3 Å². The number of aliphatic carboxylic acids is 1. The molecule has 1 aliphatic carbocycles. The lowest BCUT2D eigenvalue weighted by Gasteiger charge is -2.25. The third-order valence-electron chi connectivity index (χ3n) is 3.91. The van der Waals surface area contributed by atoms with Crippen LogP contribution in [0.2, 0.25) is 0 Å². The highest BCUT2D eigenvalue weighted by Crippen LogP contribution is 2.33. The molecule has 1 saturated carbocycles. The van der Waals surface area contributed by atoms with Gasteiger partial charge in [0.05, 0.1) is 18.4 Å². The maximum absolute atomic E-state index is 12.6. The molecule has 2 rings (SSSR count). The molecule has 2 unspecified atom stereocenters. The van der Waals surface area contributed by atoms with Gasteiger partial charge in [0.2, 0.25) is 5.91 Å². The molecule has 0 radical (unpaired) electrons. The third kappa shape index (κ3) is 3.60. The van der Waals surface area contributed by atoms with Crippen LogP contribution >= 0.6 is 0 Å². The van der Waals surface area contributed by atoms with Crippen molar-refractivity contribution >= 4 is 17.6 Å². The molecule has 0 spiro atoms. The Morgan fingerprint density at radius 2 is 1.90 bits per heavy atom. The summed E-state index contributed by atoms with van der Waals surface area (Å²) in [6.45, 7) is 0.341. The molecule has 0 heterocycles. The summed E-state index contributed by atoms with van der Waals surface area (Å²) >= 11 is 0. The molecule has 110 valence electrons. The van der Waals surface area contributed by atoms with Crippen LogP contribution in [-0.2, 0) is 9.59 Å². The van der Waals surface area contributed by atoms with Crippen molar-refractivity contribution in [3.05, 3.63) is 30.3 Å². The van der Waals surface area contributed by atoms with Gasteiger partial charge in [0.1, 0.15) is 0 Å². The second kappa shape index (κ2) is 6.89. The fourth-order valence-corrected chi connectivity index (χ4v) is 2.79. The van der Waals surface area contributed by atoms with Gasteiger partial charge in [-0.15, -0.1) is 0 Å². The van der Waals surface area contributed by atoms with Gasteiger partial charge >= 0.3 is 5.97 Å². The number of hydrogen-bond donors (Lipinski definition) is 1. The second-order valence-corrected chi connectivity index (χ2v) is 5.28. The maximum atomic E-state index is 12.6. The van der Waals surface area contributed by atoms with E-state index in [0.717, 1.165) is 5.69 Å². The number of benzene rings is 1. The zero-order valence-corrected chi connectivity index (χ0v) is 11.7. The molecular formula is C16H18N2O3. The lowest BCUT2D eigenvalue weighted by atomic mass is 10.0. The standard InChI is InChI=1S/C16H18N2O3/c17-9-4-10-18(14-5-2-1-3-6-14)15(19)12-7-8-13(11-12)16(20)21/h1-3,5-6,12-13H,4,7-8,10-11H2,(H,20,21). The van der Waals surface area contributed by atoms with Gasteiger partial charge in [-0.05, 0) is 31.4 Å². The van der Waals surface area contributed by atoms with Gasteiger partial charge < -0.3 is 10.0 Å². The Hall–Kier alpha value is -2.35. The van der Waals surface area contributed by atoms with Crippen LogP contribution in [0, 0.1) is 23.2 Å². The number of rotatable bonds is 5. The molecule has 1 fully saturated rings. The zero-order valence-electron chi connectivity index (χ0n) is 11.7. The van der Waals surface area contributed by atoms with Gasteiger partial charge in [-0.2, -0.15) is 5.26 Å². The van der Waals surface area contributed by atoms with E-state index in [4.69, 9.17) is 10.4 Å². The molecule has 0 aromatic heterocycles. The fourth-order valence-electron chi connectivity index (χ4n) is 2.79. The fraction of sp³-hybridized carbons (Fsp3) is 0.438. The summed E-state index contributed by atoms with van der Waals surface area (Å²) in [4.78, 5) is 25.3. The van der Waals surface area contributed by atoms with E-state index in [1.54, 1.807) is 4.90 Å². The Labute approximate surface area is 123 Å². The number of nitriles is 1. The summed E-state index contributed by atoms with van der Waals surface area (Å²) in [5, 5.41) is 17.8. The first kappa shape index (κ1) is 15.0. The average Bonchev–Trinajstić information content (AvgIpc) is 2.98. The van der Waals surface area contributed by atoms with E-state index in [0.29, 0.717) is 25.8 Å². The molecule has 21 heavy (non-hydrogen) atoms. The predicted octanol–water partition coefficient (Wildman–Crippen LogP) is 2.43. The van der Waals surface area contributed by atoms with Crippen molar-refractivity contribution < 1.29 is 14.7 Å². The zero-order chi connectivity index (χ0) is 15.2. The Balaban J connectivity index is 2.12. The molecule has 0 saturated heterocycles. The maximum Gasteiger partial charge on any atom is 0.306 e. The van der Waals surface area contributed by atoms with Gasteiger partial charge in [0.15, 0.2) is 0 Å². The van der Waals surface area contributed by atoms with Crippen molar-refractivity contribution in [1.29, 1.82) is 5.26 Å². The first-order valence-corrected chi connectivity index (χ1v) is 7.09. The number of carboxylic acid groups (broad SMARTS) is 1. The summed E-state index contributed by atoms with van der Waals surface area (Å²) in [6.07, 6.45) is 1.80. The number of nitrogens with zero attached hydrogens (tertiary/aromatic N) is 2. The number of anilines is 1. The van der Waals surface area contributed by atoms with Crippen LogP contribution in [0.1, 0.15) is 25.7 Å². The van der Waals surface area contributed by atoms with Gasteiger partial charge in [0, 0.05) is 18.2 Å². The Bertz CT molecular complexity index is 550. The molecule has 0 bridgehead atoms. The lowest BCUT2D eigenvalue weighted by molar-refractivity contribution is -0.141. The summed E-state index contributed by atoms with van der Waals surface area (Å²) in [5.41, 5.74) is 0.761. The molecular weight excluding hydrogens is 268 g/mol. The summed E-state index contributed by atoms with van der Waals surface area (Å²) in [5.74, 6) is -1.58. The minimum Gasteiger partial charge on any atom is -0.481 e. The lowest BCUT2D eigenvalue weighted by Crippen LogP contribution is -2.36.